The van der Waals surface area contributed by atoms with Crippen LogP contribution < -0.4 is 14.8 Å². The van der Waals surface area contributed by atoms with Crippen molar-refractivity contribution in [3.05, 3.63) is 65.6 Å². The second-order valence-electron chi connectivity index (χ2n) is 8.05. The van der Waals surface area contributed by atoms with Crippen LogP contribution in [0.4, 0.5) is 5.82 Å². The van der Waals surface area contributed by atoms with Gasteiger partial charge in [0.2, 0.25) is 5.91 Å². The first-order chi connectivity index (χ1) is 15.9. The van der Waals surface area contributed by atoms with Crippen LogP contribution in [-0.4, -0.2) is 49.2 Å². The van der Waals surface area contributed by atoms with Crippen LogP contribution >= 0.6 is 0 Å². The number of amides is 1. The van der Waals surface area contributed by atoms with Crippen LogP contribution in [0.25, 0.3) is 11.5 Å². The molecule has 0 saturated carbocycles. The maximum atomic E-state index is 12.7. The number of nitrogens with zero attached hydrogens (tertiary/aromatic N) is 6. The fourth-order valence-electron chi connectivity index (χ4n) is 4.05. The van der Waals surface area contributed by atoms with Crippen molar-refractivity contribution < 1.29 is 14.3 Å². The van der Waals surface area contributed by atoms with Gasteiger partial charge in [0, 0.05) is 17.9 Å². The van der Waals surface area contributed by atoms with Gasteiger partial charge in [-0.2, -0.15) is 14.3 Å². The third kappa shape index (κ3) is 3.69. The van der Waals surface area contributed by atoms with Gasteiger partial charge in [-0.3, -0.25) is 4.79 Å². The zero-order valence-corrected chi connectivity index (χ0v) is 18.6. The number of benzene rings is 1. The van der Waals surface area contributed by atoms with Crippen molar-refractivity contribution in [2.45, 2.75) is 26.2 Å². The highest BCUT2D eigenvalue weighted by atomic mass is 16.5. The molecule has 0 saturated heterocycles. The molecule has 1 aromatic carbocycles. The zero-order valence-electron chi connectivity index (χ0n) is 18.6. The Bertz CT molecular complexity index is 1390. The maximum Gasteiger partial charge on any atom is 0.226 e. The molecular weight excluding hydrogens is 422 g/mol. The first kappa shape index (κ1) is 20.7. The van der Waals surface area contributed by atoms with E-state index in [1.54, 1.807) is 28.4 Å². The van der Waals surface area contributed by atoms with Crippen LogP contribution in [0.5, 0.6) is 11.5 Å². The molecule has 0 fully saturated rings. The lowest BCUT2D eigenvalue weighted by Gasteiger charge is -2.25. The molecule has 0 spiro atoms. The molecule has 1 aliphatic heterocycles. The Morgan fingerprint density at radius 2 is 2.09 bits per heavy atom. The number of hydrogen-bond donors (Lipinski definition) is 1. The Hall–Kier alpha value is -4.21. The molecule has 1 N–H and O–H groups in total. The van der Waals surface area contributed by atoms with Crippen molar-refractivity contribution in [2.75, 3.05) is 19.0 Å². The number of methoxy groups -OCH3 is 1. The van der Waals surface area contributed by atoms with E-state index in [0.29, 0.717) is 41.8 Å². The maximum absolute atomic E-state index is 12.7. The SMILES string of the molecule is C=C(C)COc1ccc([C@H]2CC(=O)Nc3c2c(C)nn3-c2ccc3nncn3n2)cc1OC. The fourth-order valence-corrected chi connectivity index (χ4v) is 4.05. The van der Waals surface area contributed by atoms with E-state index in [4.69, 9.17) is 14.6 Å². The number of nitrogens with one attached hydrogen (secondary N) is 1. The van der Waals surface area contributed by atoms with Crippen molar-refractivity contribution >= 4 is 17.4 Å². The summed E-state index contributed by atoms with van der Waals surface area (Å²) >= 11 is 0. The van der Waals surface area contributed by atoms with Gasteiger partial charge in [-0.05, 0) is 49.2 Å². The zero-order chi connectivity index (χ0) is 23.1. The number of ether oxygens (including phenoxy) is 2. The number of anilines is 1. The average Bonchev–Trinajstić information content (AvgIpc) is 3.40. The standard InChI is InChI=1S/C23H23N7O3/c1-13(2)11-33-17-6-5-15(9-18(17)32-4)16-10-21(31)25-23-22(16)14(3)27-30(23)20-8-7-19-26-24-12-29(19)28-20/h5-9,12,16H,1,10-11H2,2-4H3,(H,25,31)/t16-/m1/s1. The molecule has 0 bridgehead atoms. The molecule has 0 radical (unpaired) electrons. The summed E-state index contributed by atoms with van der Waals surface area (Å²) in [6, 6.07) is 9.34. The quantitative estimate of drug-likeness (QED) is 0.454. The van der Waals surface area contributed by atoms with Gasteiger partial charge in [-0.25, -0.2) is 0 Å². The minimum Gasteiger partial charge on any atom is -0.493 e. The van der Waals surface area contributed by atoms with Crippen LogP contribution in [0, 0.1) is 6.92 Å². The third-order valence-electron chi connectivity index (χ3n) is 5.53. The molecule has 168 valence electrons. The second-order valence-corrected chi connectivity index (χ2v) is 8.05. The number of carbonyl (C=O) groups is 1. The lowest BCUT2D eigenvalue weighted by molar-refractivity contribution is -0.116. The summed E-state index contributed by atoms with van der Waals surface area (Å²) in [5.41, 5.74) is 4.23. The molecule has 10 heteroatoms. The predicted octanol–water partition coefficient (Wildman–Crippen LogP) is 3.06. The first-order valence-electron chi connectivity index (χ1n) is 10.5. The summed E-state index contributed by atoms with van der Waals surface area (Å²) in [5.74, 6) is 2.10. The van der Waals surface area contributed by atoms with Gasteiger partial charge >= 0.3 is 0 Å². The summed E-state index contributed by atoms with van der Waals surface area (Å²) in [6.07, 6.45) is 1.82. The van der Waals surface area contributed by atoms with Crippen molar-refractivity contribution in [2.24, 2.45) is 0 Å². The Balaban J connectivity index is 1.57. The Morgan fingerprint density at radius 3 is 2.88 bits per heavy atom. The van der Waals surface area contributed by atoms with E-state index < -0.39 is 0 Å². The highest BCUT2D eigenvalue weighted by Crippen LogP contribution is 2.42. The smallest absolute Gasteiger partial charge is 0.226 e. The lowest BCUT2D eigenvalue weighted by atomic mass is 9.85. The van der Waals surface area contributed by atoms with Crippen LogP contribution in [0.2, 0.25) is 0 Å². The van der Waals surface area contributed by atoms with E-state index >= 15 is 0 Å². The molecule has 5 rings (SSSR count). The molecule has 4 aromatic rings. The number of aromatic nitrogens is 6. The summed E-state index contributed by atoms with van der Waals surface area (Å²) in [4.78, 5) is 12.7. The molecule has 1 aliphatic rings. The van der Waals surface area contributed by atoms with Gasteiger partial charge < -0.3 is 14.8 Å². The minimum absolute atomic E-state index is 0.0967. The molecule has 3 aromatic heterocycles. The summed E-state index contributed by atoms with van der Waals surface area (Å²) in [5, 5.41) is 20.0. The predicted molar refractivity (Wildman–Crippen MR) is 121 cm³/mol. The highest BCUT2D eigenvalue weighted by Gasteiger charge is 2.33. The van der Waals surface area contributed by atoms with Gasteiger partial charge in [-0.15, -0.1) is 15.3 Å². The van der Waals surface area contributed by atoms with Crippen LogP contribution in [0.15, 0.2) is 48.8 Å². The average molecular weight is 445 g/mol. The molecule has 4 heterocycles. The van der Waals surface area contributed by atoms with Crippen molar-refractivity contribution in [1.82, 2.24) is 29.6 Å². The Kier molecular flexibility index (Phi) is 5.04. The fraction of sp³-hybridized carbons (Fsp3) is 0.261. The Labute approximate surface area is 189 Å². The summed E-state index contributed by atoms with van der Waals surface area (Å²) in [7, 11) is 1.60. The number of aryl methyl sites for hydroxylation is 1. The molecule has 33 heavy (non-hydrogen) atoms. The molecule has 10 nitrogen and oxygen atoms in total. The topological polar surface area (TPSA) is 108 Å². The normalized spacial score (nSPS) is 15.2. The number of fused-ring (bicyclic) bond motifs is 2. The van der Waals surface area contributed by atoms with Crippen LogP contribution in [0.1, 0.15) is 36.1 Å². The van der Waals surface area contributed by atoms with Gasteiger partial charge in [-0.1, -0.05) is 12.6 Å². The summed E-state index contributed by atoms with van der Waals surface area (Å²) < 4.78 is 14.6. The van der Waals surface area contributed by atoms with E-state index in [1.807, 2.05) is 32.0 Å². The van der Waals surface area contributed by atoms with E-state index in [9.17, 15) is 4.79 Å². The molecule has 1 amide bonds. The van der Waals surface area contributed by atoms with E-state index in [0.717, 1.165) is 22.4 Å². The minimum atomic E-state index is -0.190. The highest BCUT2D eigenvalue weighted by molar-refractivity contribution is 5.95. The molecule has 0 aliphatic carbocycles. The number of rotatable bonds is 6. The number of hydrogen-bond acceptors (Lipinski definition) is 7. The monoisotopic (exact) mass is 445 g/mol. The van der Waals surface area contributed by atoms with E-state index in [-0.39, 0.29) is 11.8 Å². The van der Waals surface area contributed by atoms with Gasteiger partial charge in [0.15, 0.2) is 23.0 Å². The second kappa shape index (κ2) is 8.05. The van der Waals surface area contributed by atoms with E-state index in [1.165, 1.54) is 6.33 Å². The van der Waals surface area contributed by atoms with E-state index in [2.05, 4.69) is 27.2 Å². The van der Waals surface area contributed by atoms with Crippen LogP contribution in [0.3, 0.4) is 0 Å². The molecule has 1 atom stereocenters. The largest absolute Gasteiger partial charge is 0.493 e. The first-order valence-corrected chi connectivity index (χ1v) is 10.5. The molecular formula is C23H23N7O3. The van der Waals surface area contributed by atoms with Gasteiger partial charge in [0.1, 0.15) is 18.8 Å². The summed E-state index contributed by atoms with van der Waals surface area (Å²) in [6.45, 7) is 8.10. The van der Waals surface area contributed by atoms with Gasteiger partial charge in [0.05, 0.1) is 12.8 Å². The third-order valence-corrected chi connectivity index (χ3v) is 5.53. The van der Waals surface area contributed by atoms with Crippen molar-refractivity contribution in [3.63, 3.8) is 0 Å². The Morgan fingerprint density at radius 1 is 1.24 bits per heavy atom. The number of carbonyl (C=O) groups excluding carboxylic acids is 1. The van der Waals surface area contributed by atoms with Crippen molar-refractivity contribution in [3.8, 4) is 17.3 Å². The van der Waals surface area contributed by atoms with Crippen molar-refractivity contribution in [1.29, 1.82) is 0 Å². The lowest BCUT2D eigenvalue weighted by Crippen LogP contribution is -2.25. The molecule has 0 unspecified atom stereocenters. The van der Waals surface area contributed by atoms with Gasteiger partial charge in [0.25, 0.3) is 0 Å². The van der Waals surface area contributed by atoms with Crippen LogP contribution in [-0.2, 0) is 4.79 Å².